The Morgan fingerprint density at radius 1 is 0.923 bits per heavy atom. The van der Waals surface area contributed by atoms with Crippen LogP contribution < -0.4 is 0 Å². The molecule has 0 bridgehead atoms. The van der Waals surface area contributed by atoms with Crippen LogP contribution in [0.1, 0.15) is 97.3 Å². The molecule has 1 rings (SSSR count). The second-order valence-electron chi connectivity index (χ2n) is 8.00. The number of aliphatic hydroxyl groups excluding tert-OH is 1. The monoisotopic (exact) mass is 365 g/mol. The largest absolute Gasteiger partial charge is 0.391 e. The first-order valence-corrected chi connectivity index (χ1v) is 11.4. The second kappa shape index (κ2) is 15.4. The molecule has 0 spiro atoms. The normalized spacial score (nSPS) is 22.7. The van der Waals surface area contributed by atoms with E-state index in [9.17, 15) is 5.11 Å². The molecule has 1 aliphatic rings. The van der Waals surface area contributed by atoms with Crippen LogP contribution in [-0.4, -0.2) is 48.2 Å². The van der Waals surface area contributed by atoms with Crippen molar-refractivity contribution in [3.05, 3.63) is 12.2 Å². The minimum absolute atomic E-state index is 0.275. The van der Waals surface area contributed by atoms with E-state index in [0.717, 1.165) is 24.1 Å². The quantitative estimate of drug-likeness (QED) is 0.195. The fraction of sp³-hybridized carbons (Fsp3) is 0.870. The number of hydrogen-bond acceptors (Lipinski definition) is 2. The molecular weight excluding hydrogens is 320 g/mol. The van der Waals surface area contributed by atoms with Gasteiger partial charge in [0.25, 0.3) is 0 Å². The molecule has 0 saturated heterocycles. The molecular formula is C23H45N2O+. The molecule has 0 amide bonds. The molecule has 0 saturated carbocycles. The molecule has 0 radical (unpaired) electrons. The van der Waals surface area contributed by atoms with E-state index in [-0.39, 0.29) is 6.61 Å². The zero-order valence-corrected chi connectivity index (χ0v) is 17.7. The number of unbranched alkanes of at least 4 members (excludes halogenated alkanes) is 10. The van der Waals surface area contributed by atoms with Crippen LogP contribution in [0.3, 0.4) is 0 Å². The molecule has 1 aliphatic heterocycles. The van der Waals surface area contributed by atoms with Crippen molar-refractivity contribution >= 4 is 6.21 Å². The van der Waals surface area contributed by atoms with Crippen LogP contribution in [0.4, 0.5) is 0 Å². The Kier molecular flexibility index (Phi) is 13.8. The molecule has 2 unspecified atom stereocenters. The predicted octanol–water partition coefficient (Wildman–Crippen LogP) is 5.87. The van der Waals surface area contributed by atoms with Gasteiger partial charge < -0.3 is 5.11 Å². The van der Waals surface area contributed by atoms with Crippen molar-refractivity contribution in [3.8, 4) is 0 Å². The maximum atomic E-state index is 9.36. The lowest BCUT2D eigenvalue weighted by atomic mass is 10.1. The van der Waals surface area contributed by atoms with E-state index in [1.165, 1.54) is 83.5 Å². The maximum absolute atomic E-state index is 9.36. The zero-order chi connectivity index (χ0) is 18.9. The summed E-state index contributed by atoms with van der Waals surface area (Å²) in [6, 6.07) is 0. The molecule has 0 fully saturated rings. The van der Waals surface area contributed by atoms with Gasteiger partial charge in [0.2, 0.25) is 0 Å². The smallest absolute Gasteiger partial charge is 0.182 e. The molecule has 0 aromatic heterocycles. The summed E-state index contributed by atoms with van der Waals surface area (Å²) in [5.41, 5.74) is 0. The minimum atomic E-state index is 0.275. The van der Waals surface area contributed by atoms with Crippen molar-refractivity contribution < 1.29 is 9.59 Å². The van der Waals surface area contributed by atoms with Gasteiger partial charge in [-0.25, -0.2) is 4.99 Å². The molecule has 152 valence electrons. The molecule has 0 aromatic rings. The summed E-state index contributed by atoms with van der Waals surface area (Å²) in [5.74, 6) is 0. The molecule has 3 heteroatoms. The highest BCUT2D eigenvalue weighted by Crippen LogP contribution is 2.23. The number of nitrogens with zero attached hydrogens (tertiary/aromatic N) is 2. The van der Waals surface area contributed by atoms with Gasteiger partial charge in [-0.1, -0.05) is 64.0 Å². The maximum Gasteiger partial charge on any atom is 0.182 e. The number of allylic oxidation sites excluding steroid dienone is 2. The SMILES string of the molecule is CCCCCCCCC/C=C/CCCCCC1N=CC[N+]1(CC)CCO. The Morgan fingerprint density at radius 3 is 2.15 bits per heavy atom. The highest BCUT2D eigenvalue weighted by atomic mass is 16.3. The lowest BCUT2D eigenvalue weighted by Gasteiger charge is -2.37. The van der Waals surface area contributed by atoms with E-state index in [1.54, 1.807) is 0 Å². The van der Waals surface area contributed by atoms with Gasteiger partial charge in [-0.3, -0.25) is 4.48 Å². The van der Waals surface area contributed by atoms with Crippen molar-refractivity contribution in [1.82, 2.24) is 0 Å². The number of hydrogen-bond donors (Lipinski definition) is 1. The van der Waals surface area contributed by atoms with Gasteiger partial charge in [-0.05, 0) is 39.0 Å². The predicted molar refractivity (Wildman–Crippen MR) is 115 cm³/mol. The minimum Gasteiger partial charge on any atom is -0.391 e. The summed E-state index contributed by atoms with van der Waals surface area (Å²) in [4.78, 5) is 4.70. The summed E-state index contributed by atoms with van der Waals surface area (Å²) >= 11 is 0. The fourth-order valence-corrected chi connectivity index (χ4v) is 4.10. The first-order chi connectivity index (χ1) is 12.8. The van der Waals surface area contributed by atoms with Gasteiger partial charge >= 0.3 is 0 Å². The third-order valence-corrected chi connectivity index (χ3v) is 6.00. The molecule has 1 heterocycles. The molecule has 1 N–H and O–H groups in total. The van der Waals surface area contributed by atoms with Gasteiger partial charge in [-0.15, -0.1) is 0 Å². The molecule has 0 aromatic carbocycles. The lowest BCUT2D eigenvalue weighted by Crippen LogP contribution is -2.53. The summed E-state index contributed by atoms with van der Waals surface area (Å²) in [6.07, 6.45) is 24.6. The van der Waals surface area contributed by atoms with Crippen molar-refractivity contribution in [3.63, 3.8) is 0 Å². The highest BCUT2D eigenvalue weighted by molar-refractivity contribution is 5.60. The van der Waals surface area contributed by atoms with Gasteiger partial charge in [0, 0.05) is 6.42 Å². The van der Waals surface area contributed by atoms with Gasteiger partial charge in [0.1, 0.15) is 13.1 Å². The molecule has 3 nitrogen and oxygen atoms in total. The van der Waals surface area contributed by atoms with Crippen LogP contribution in [-0.2, 0) is 0 Å². The highest BCUT2D eigenvalue weighted by Gasteiger charge is 2.36. The number of quaternary nitrogens is 1. The van der Waals surface area contributed by atoms with Crippen LogP contribution in [0.5, 0.6) is 0 Å². The first-order valence-electron chi connectivity index (χ1n) is 11.4. The first kappa shape index (κ1) is 23.4. The second-order valence-corrected chi connectivity index (χ2v) is 8.00. The number of rotatable bonds is 17. The Balaban J connectivity index is 1.96. The third-order valence-electron chi connectivity index (χ3n) is 6.00. The fourth-order valence-electron chi connectivity index (χ4n) is 4.10. The standard InChI is InChI=1S/C23H45N2O/c1-3-5-6-7-8-9-10-11-12-13-14-15-16-17-18-23-24-19-20-25(23,4-2)21-22-26/h12-13,19,23,26H,3-11,14-18,20-22H2,1-2H3/q+1/b13-12+. The van der Waals surface area contributed by atoms with Crippen LogP contribution in [0.15, 0.2) is 17.1 Å². The Bertz CT molecular complexity index is 380. The molecule has 2 atom stereocenters. The Morgan fingerprint density at radius 2 is 1.54 bits per heavy atom. The van der Waals surface area contributed by atoms with Crippen molar-refractivity contribution in [2.45, 2.75) is 103 Å². The van der Waals surface area contributed by atoms with Crippen molar-refractivity contribution in [2.24, 2.45) is 4.99 Å². The van der Waals surface area contributed by atoms with E-state index < -0.39 is 0 Å². The topological polar surface area (TPSA) is 32.6 Å². The van der Waals surface area contributed by atoms with E-state index in [4.69, 9.17) is 4.99 Å². The van der Waals surface area contributed by atoms with Crippen LogP contribution in [0.25, 0.3) is 0 Å². The summed E-state index contributed by atoms with van der Waals surface area (Å²) in [5, 5.41) is 9.36. The Labute approximate surface area is 163 Å². The van der Waals surface area contributed by atoms with E-state index in [0.29, 0.717) is 6.17 Å². The Hall–Kier alpha value is -0.670. The molecule has 26 heavy (non-hydrogen) atoms. The third kappa shape index (κ3) is 9.32. The number of likely N-dealkylation sites (N-methyl/N-ethyl adjacent to an activating group) is 1. The van der Waals surface area contributed by atoms with Gasteiger partial charge in [-0.2, -0.15) is 0 Å². The summed E-state index contributed by atoms with van der Waals surface area (Å²) in [6.45, 7) is 7.71. The average molecular weight is 366 g/mol. The van der Waals surface area contributed by atoms with E-state index in [2.05, 4.69) is 32.2 Å². The van der Waals surface area contributed by atoms with Crippen LogP contribution >= 0.6 is 0 Å². The summed E-state index contributed by atoms with van der Waals surface area (Å²) in [7, 11) is 0. The van der Waals surface area contributed by atoms with Crippen molar-refractivity contribution in [2.75, 3.05) is 26.2 Å². The van der Waals surface area contributed by atoms with Gasteiger partial charge in [0.15, 0.2) is 6.17 Å². The lowest BCUT2D eigenvalue weighted by molar-refractivity contribution is -0.936. The van der Waals surface area contributed by atoms with Crippen LogP contribution in [0, 0.1) is 0 Å². The summed E-state index contributed by atoms with van der Waals surface area (Å²) < 4.78 is 0.967. The molecule has 0 aliphatic carbocycles. The van der Waals surface area contributed by atoms with E-state index >= 15 is 0 Å². The van der Waals surface area contributed by atoms with E-state index in [1.807, 2.05) is 0 Å². The number of aliphatic imine (C=N–C) groups is 1. The zero-order valence-electron chi connectivity index (χ0n) is 17.7. The number of aliphatic hydroxyl groups is 1. The average Bonchev–Trinajstić information content (AvgIpc) is 3.05. The van der Waals surface area contributed by atoms with Gasteiger partial charge in [0.05, 0.1) is 19.4 Å². The van der Waals surface area contributed by atoms with Crippen molar-refractivity contribution in [1.29, 1.82) is 0 Å². The van der Waals surface area contributed by atoms with Crippen LogP contribution in [0.2, 0.25) is 0 Å².